The van der Waals surface area contributed by atoms with Gasteiger partial charge in [0.15, 0.2) is 0 Å². The number of nitrogens with zero attached hydrogens (tertiary/aromatic N) is 3. The Morgan fingerprint density at radius 1 is 1.53 bits per heavy atom. The standard InChI is InChI=1S/C8H11N5O2/c1-2-13-4-5(11-12-13)3-6-7(14)10-8(15)9-6/h4,6H,2-3H2,1H3,(H2,9,10,14,15). The Balaban J connectivity index is 2.02. The van der Waals surface area contributed by atoms with E-state index in [0.29, 0.717) is 12.1 Å². The van der Waals surface area contributed by atoms with E-state index >= 15 is 0 Å². The Morgan fingerprint density at radius 3 is 2.87 bits per heavy atom. The Labute approximate surface area is 85.8 Å². The van der Waals surface area contributed by atoms with Crippen LogP contribution in [0.25, 0.3) is 0 Å². The van der Waals surface area contributed by atoms with Gasteiger partial charge in [-0.1, -0.05) is 5.21 Å². The fraction of sp³-hybridized carbons (Fsp3) is 0.500. The van der Waals surface area contributed by atoms with E-state index in [9.17, 15) is 9.59 Å². The molecular formula is C8H11N5O2. The summed E-state index contributed by atoms with van der Waals surface area (Å²) in [7, 11) is 0. The third kappa shape index (κ3) is 1.95. The molecule has 0 bridgehead atoms. The van der Waals surface area contributed by atoms with Crippen LogP contribution < -0.4 is 10.6 Å². The molecule has 0 saturated carbocycles. The predicted molar refractivity (Wildman–Crippen MR) is 49.9 cm³/mol. The Bertz CT molecular complexity index is 399. The largest absolute Gasteiger partial charge is 0.326 e. The predicted octanol–water partition coefficient (Wildman–Crippen LogP) is -0.951. The van der Waals surface area contributed by atoms with Gasteiger partial charge in [-0.05, 0) is 6.92 Å². The van der Waals surface area contributed by atoms with Crippen LogP contribution in [0, 0.1) is 0 Å². The van der Waals surface area contributed by atoms with Gasteiger partial charge in [-0.3, -0.25) is 14.8 Å². The van der Waals surface area contributed by atoms with Gasteiger partial charge < -0.3 is 5.32 Å². The molecular weight excluding hydrogens is 198 g/mol. The summed E-state index contributed by atoms with van der Waals surface area (Å²) in [6.45, 7) is 2.68. The first-order chi connectivity index (χ1) is 7.19. The molecule has 1 aromatic heterocycles. The van der Waals surface area contributed by atoms with Gasteiger partial charge in [0.05, 0.1) is 5.69 Å². The molecule has 15 heavy (non-hydrogen) atoms. The van der Waals surface area contributed by atoms with Gasteiger partial charge in [0.2, 0.25) is 0 Å². The second kappa shape index (κ2) is 3.68. The average Bonchev–Trinajstić information content (AvgIpc) is 2.75. The van der Waals surface area contributed by atoms with Crippen LogP contribution in [0.4, 0.5) is 4.79 Å². The summed E-state index contributed by atoms with van der Waals surface area (Å²) >= 11 is 0. The highest BCUT2D eigenvalue weighted by atomic mass is 16.2. The van der Waals surface area contributed by atoms with Gasteiger partial charge in [-0.15, -0.1) is 5.10 Å². The number of carbonyl (C=O) groups excluding carboxylic acids is 2. The molecule has 80 valence electrons. The average molecular weight is 209 g/mol. The van der Waals surface area contributed by atoms with Crippen molar-refractivity contribution in [2.75, 3.05) is 0 Å². The topological polar surface area (TPSA) is 88.9 Å². The molecule has 3 amide bonds. The normalized spacial score (nSPS) is 20.2. The summed E-state index contributed by atoms with van der Waals surface area (Å²) in [5, 5.41) is 12.4. The smallest absolute Gasteiger partial charge is 0.322 e. The Hall–Kier alpha value is -1.92. The summed E-state index contributed by atoms with van der Waals surface area (Å²) in [6.07, 6.45) is 2.13. The quantitative estimate of drug-likeness (QED) is 0.628. The number of nitrogens with one attached hydrogen (secondary N) is 2. The van der Waals surface area contributed by atoms with Crippen molar-refractivity contribution < 1.29 is 9.59 Å². The van der Waals surface area contributed by atoms with Crippen LogP contribution in [0.5, 0.6) is 0 Å². The highest BCUT2D eigenvalue weighted by Crippen LogP contribution is 2.02. The van der Waals surface area contributed by atoms with Gasteiger partial charge in [0.1, 0.15) is 6.04 Å². The lowest BCUT2D eigenvalue weighted by Crippen LogP contribution is -2.31. The number of hydrogen-bond acceptors (Lipinski definition) is 4. The number of carbonyl (C=O) groups is 2. The fourth-order valence-electron chi connectivity index (χ4n) is 1.40. The zero-order valence-electron chi connectivity index (χ0n) is 8.23. The van der Waals surface area contributed by atoms with Crippen LogP contribution in [0.1, 0.15) is 12.6 Å². The minimum atomic E-state index is -0.528. The molecule has 1 aromatic rings. The van der Waals surface area contributed by atoms with Crippen molar-refractivity contribution in [3.63, 3.8) is 0 Å². The van der Waals surface area contributed by atoms with Crippen molar-refractivity contribution in [2.45, 2.75) is 25.9 Å². The van der Waals surface area contributed by atoms with Crippen LogP contribution >= 0.6 is 0 Å². The molecule has 0 radical (unpaired) electrons. The number of imide groups is 1. The number of urea groups is 1. The van der Waals surface area contributed by atoms with E-state index < -0.39 is 12.1 Å². The number of aryl methyl sites for hydroxylation is 1. The maximum absolute atomic E-state index is 11.2. The van der Waals surface area contributed by atoms with Crippen LogP contribution in [0.2, 0.25) is 0 Å². The third-order valence-electron chi connectivity index (χ3n) is 2.18. The van der Waals surface area contributed by atoms with E-state index in [4.69, 9.17) is 0 Å². The zero-order valence-corrected chi connectivity index (χ0v) is 8.23. The van der Waals surface area contributed by atoms with Crippen molar-refractivity contribution in [3.8, 4) is 0 Å². The molecule has 2 N–H and O–H groups in total. The van der Waals surface area contributed by atoms with E-state index in [1.54, 1.807) is 10.9 Å². The molecule has 7 nitrogen and oxygen atoms in total. The first-order valence-corrected chi connectivity index (χ1v) is 4.69. The van der Waals surface area contributed by atoms with Gasteiger partial charge >= 0.3 is 6.03 Å². The van der Waals surface area contributed by atoms with Crippen LogP contribution in [0.3, 0.4) is 0 Å². The summed E-state index contributed by atoms with van der Waals surface area (Å²) in [6, 6.07) is -0.979. The van der Waals surface area contributed by atoms with E-state index in [-0.39, 0.29) is 5.91 Å². The molecule has 7 heteroatoms. The lowest BCUT2D eigenvalue weighted by atomic mass is 10.2. The first-order valence-electron chi connectivity index (χ1n) is 4.69. The third-order valence-corrected chi connectivity index (χ3v) is 2.18. The Morgan fingerprint density at radius 2 is 2.33 bits per heavy atom. The summed E-state index contributed by atoms with van der Waals surface area (Å²) in [5.41, 5.74) is 0.694. The molecule has 1 unspecified atom stereocenters. The molecule has 2 heterocycles. The molecule has 0 aromatic carbocycles. The SMILES string of the molecule is CCn1cc(CC2NC(=O)NC2=O)nn1. The summed E-state index contributed by atoms with van der Waals surface area (Å²) < 4.78 is 1.67. The molecule has 1 atom stereocenters. The Kier molecular flexibility index (Phi) is 2.36. The summed E-state index contributed by atoms with van der Waals surface area (Å²) in [5.74, 6) is -0.314. The van der Waals surface area contributed by atoms with E-state index in [1.165, 1.54) is 0 Å². The maximum atomic E-state index is 11.2. The summed E-state index contributed by atoms with van der Waals surface area (Å²) in [4.78, 5) is 22.0. The van der Waals surface area contributed by atoms with Gasteiger partial charge in [0.25, 0.3) is 5.91 Å². The minimum absolute atomic E-state index is 0.314. The van der Waals surface area contributed by atoms with Gasteiger partial charge in [-0.2, -0.15) is 0 Å². The number of rotatable bonds is 3. The lowest BCUT2D eigenvalue weighted by molar-refractivity contribution is -0.120. The maximum Gasteiger partial charge on any atom is 0.322 e. The van der Waals surface area contributed by atoms with E-state index in [2.05, 4.69) is 20.9 Å². The van der Waals surface area contributed by atoms with Crippen molar-refractivity contribution in [1.29, 1.82) is 0 Å². The number of hydrogen-bond donors (Lipinski definition) is 2. The zero-order chi connectivity index (χ0) is 10.8. The van der Waals surface area contributed by atoms with Crippen LogP contribution in [0.15, 0.2) is 6.20 Å². The van der Waals surface area contributed by atoms with Gasteiger partial charge in [0, 0.05) is 19.2 Å². The fourth-order valence-corrected chi connectivity index (χ4v) is 1.40. The van der Waals surface area contributed by atoms with Crippen LogP contribution in [-0.4, -0.2) is 33.0 Å². The molecule has 0 aliphatic carbocycles. The van der Waals surface area contributed by atoms with Gasteiger partial charge in [-0.25, -0.2) is 4.79 Å². The van der Waals surface area contributed by atoms with E-state index in [1.807, 2.05) is 6.92 Å². The van der Waals surface area contributed by atoms with Crippen molar-refractivity contribution in [3.05, 3.63) is 11.9 Å². The molecule has 1 aliphatic heterocycles. The number of amides is 3. The van der Waals surface area contributed by atoms with Crippen molar-refractivity contribution >= 4 is 11.9 Å². The lowest BCUT2D eigenvalue weighted by Gasteiger charge is -2.02. The second-order valence-corrected chi connectivity index (χ2v) is 3.28. The molecule has 1 saturated heterocycles. The molecule has 0 spiro atoms. The molecule has 1 fully saturated rings. The van der Waals surface area contributed by atoms with Crippen molar-refractivity contribution in [2.24, 2.45) is 0 Å². The van der Waals surface area contributed by atoms with Crippen LogP contribution in [-0.2, 0) is 17.8 Å². The van der Waals surface area contributed by atoms with E-state index in [0.717, 1.165) is 6.54 Å². The highest BCUT2D eigenvalue weighted by Gasteiger charge is 2.30. The molecule has 2 rings (SSSR count). The highest BCUT2D eigenvalue weighted by molar-refractivity contribution is 6.04. The first kappa shape index (κ1) is 9.63. The molecule has 1 aliphatic rings. The second-order valence-electron chi connectivity index (χ2n) is 3.28. The number of aromatic nitrogens is 3. The minimum Gasteiger partial charge on any atom is -0.326 e. The van der Waals surface area contributed by atoms with Crippen molar-refractivity contribution in [1.82, 2.24) is 25.6 Å². The monoisotopic (exact) mass is 209 g/mol.